The lowest BCUT2D eigenvalue weighted by Crippen LogP contribution is -2.48. The molecule has 0 aliphatic carbocycles. The van der Waals surface area contributed by atoms with Gasteiger partial charge in [-0.05, 0) is 12.1 Å². The van der Waals surface area contributed by atoms with Crippen molar-refractivity contribution in [1.82, 2.24) is 4.98 Å². The Morgan fingerprint density at radius 1 is 1.31 bits per heavy atom. The molecule has 1 aliphatic heterocycles. The highest BCUT2D eigenvalue weighted by atomic mass is 16.8. The van der Waals surface area contributed by atoms with E-state index in [4.69, 9.17) is 9.47 Å². The number of hydrogen-bond donors (Lipinski definition) is 1. The van der Waals surface area contributed by atoms with Crippen molar-refractivity contribution >= 4 is 17.8 Å². The Hall–Kier alpha value is -2.11. The Bertz CT molecular complexity index is 402. The molecular formula is C10H10N2O4. The maximum absolute atomic E-state index is 11.1. The summed E-state index contributed by atoms with van der Waals surface area (Å²) in [6.45, 7) is 1.44. The van der Waals surface area contributed by atoms with Crippen molar-refractivity contribution in [1.29, 1.82) is 0 Å². The lowest BCUT2D eigenvalue weighted by Gasteiger charge is -2.32. The highest BCUT2D eigenvalue weighted by Crippen LogP contribution is 2.21. The molecule has 2 rings (SSSR count). The van der Waals surface area contributed by atoms with Crippen LogP contribution in [0.25, 0.3) is 0 Å². The number of anilines is 1. The van der Waals surface area contributed by atoms with Gasteiger partial charge in [-0.2, -0.15) is 0 Å². The largest absolute Gasteiger partial charge is 0.403 e. The van der Waals surface area contributed by atoms with E-state index >= 15 is 0 Å². The number of hydrogen-bond acceptors (Lipinski definition) is 6. The molecule has 1 saturated heterocycles. The third-order valence-corrected chi connectivity index (χ3v) is 1.93. The number of nitrogens with one attached hydrogen (secondary N) is 1. The summed E-state index contributed by atoms with van der Waals surface area (Å²) in [7, 11) is 0. The zero-order valence-electron chi connectivity index (χ0n) is 8.60. The fourth-order valence-electron chi connectivity index (χ4n) is 1.37. The third-order valence-electron chi connectivity index (χ3n) is 1.93. The van der Waals surface area contributed by atoms with Crippen LogP contribution in [0, 0.1) is 0 Å². The van der Waals surface area contributed by atoms with Crippen molar-refractivity contribution in [2.45, 2.75) is 19.3 Å². The predicted octanol–water partition coefficient (Wildman–Crippen LogP) is 0.657. The number of esters is 2. The molecule has 0 unspecified atom stereocenters. The van der Waals surface area contributed by atoms with Crippen LogP contribution < -0.4 is 5.32 Å². The number of pyridine rings is 1. The maximum Gasteiger partial charge on any atom is 0.338 e. The van der Waals surface area contributed by atoms with E-state index in [0.717, 1.165) is 0 Å². The van der Waals surface area contributed by atoms with Gasteiger partial charge in [-0.3, -0.25) is 14.9 Å². The SMILES string of the molecule is CC1(Nc2ccccn2)OC(=O)CC(=O)O1. The van der Waals surface area contributed by atoms with Crippen LogP contribution >= 0.6 is 0 Å². The molecule has 2 heterocycles. The van der Waals surface area contributed by atoms with Crippen molar-refractivity contribution in [2.75, 3.05) is 5.32 Å². The van der Waals surface area contributed by atoms with E-state index in [9.17, 15) is 9.59 Å². The van der Waals surface area contributed by atoms with Gasteiger partial charge in [-0.25, -0.2) is 4.98 Å². The number of nitrogens with zero attached hydrogens (tertiary/aromatic N) is 1. The molecule has 1 aromatic heterocycles. The van der Waals surface area contributed by atoms with Crippen LogP contribution in [-0.4, -0.2) is 22.8 Å². The second-order valence-electron chi connectivity index (χ2n) is 3.41. The average Bonchev–Trinajstić information content (AvgIpc) is 2.15. The van der Waals surface area contributed by atoms with E-state index in [0.29, 0.717) is 5.82 Å². The molecule has 1 aromatic rings. The molecule has 6 heteroatoms. The summed E-state index contributed by atoms with van der Waals surface area (Å²) >= 11 is 0. The number of carbonyl (C=O) groups is 2. The minimum Gasteiger partial charge on any atom is -0.403 e. The molecule has 6 nitrogen and oxygen atoms in total. The second kappa shape index (κ2) is 3.80. The van der Waals surface area contributed by atoms with Crippen LogP contribution in [0.5, 0.6) is 0 Å². The highest BCUT2D eigenvalue weighted by Gasteiger charge is 2.39. The van der Waals surface area contributed by atoms with Gasteiger partial charge < -0.3 is 9.47 Å². The molecule has 0 aromatic carbocycles. The van der Waals surface area contributed by atoms with Gasteiger partial charge in [0.25, 0.3) is 0 Å². The molecule has 1 fully saturated rings. The Balaban J connectivity index is 2.13. The predicted molar refractivity (Wildman–Crippen MR) is 53.1 cm³/mol. The molecule has 0 atom stereocenters. The summed E-state index contributed by atoms with van der Waals surface area (Å²) in [4.78, 5) is 26.2. The fraction of sp³-hybridized carbons (Fsp3) is 0.300. The van der Waals surface area contributed by atoms with Crippen molar-refractivity contribution < 1.29 is 19.1 Å². The molecule has 0 amide bonds. The van der Waals surface area contributed by atoms with Crippen molar-refractivity contribution in [3.05, 3.63) is 24.4 Å². The third kappa shape index (κ3) is 2.28. The van der Waals surface area contributed by atoms with Gasteiger partial charge >= 0.3 is 17.8 Å². The second-order valence-corrected chi connectivity index (χ2v) is 3.41. The summed E-state index contributed by atoms with van der Waals surface area (Å²) in [5, 5.41) is 2.72. The first-order valence-corrected chi connectivity index (χ1v) is 4.70. The molecule has 1 N–H and O–H groups in total. The molecule has 1 aliphatic rings. The van der Waals surface area contributed by atoms with Gasteiger partial charge in [-0.15, -0.1) is 0 Å². The van der Waals surface area contributed by atoms with Gasteiger partial charge in [0, 0.05) is 13.1 Å². The first kappa shape index (κ1) is 10.4. The Morgan fingerprint density at radius 3 is 2.56 bits per heavy atom. The molecule has 16 heavy (non-hydrogen) atoms. The minimum absolute atomic E-state index is 0.362. The number of ether oxygens (including phenoxy) is 2. The van der Waals surface area contributed by atoms with Crippen LogP contribution in [0.2, 0.25) is 0 Å². The molecule has 0 spiro atoms. The van der Waals surface area contributed by atoms with Crippen LogP contribution in [0.3, 0.4) is 0 Å². The van der Waals surface area contributed by atoms with Crippen LogP contribution in [0.1, 0.15) is 13.3 Å². The zero-order valence-corrected chi connectivity index (χ0v) is 8.60. The normalized spacial score (nSPS) is 18.6. The smallest absolute Gasteiger partial charge is 0.338 e. The molecular weight excluding hydrogens is 212 g/mol. The van der Waals surface area contributed by atoms with Gasteiger partial charge in [0.1, 0.15) is 12.2 Å². The maximum atomic E-state index is 11.1. The molecule has 0 radical (unpaired) electrons. The van der Waals surface area contributed by atoms with E-state index in [1.54, 1.807) is 24.4 Å². The monoisotopic (exact) mass is 222 g/mol. The van der Waals surface area contributed by atoms with Crippen LogP contribution in [0.15, 0.2) is 24.4 Å². The van der Waals surface area contributed by atoms with Crippen LogP contribution in [0.4, 0.5) is 5.82 Å². The van der Waals surface area contributed by atoms with E-state index < -0.39 is 17.8 Å². The fourth-order valence-corrected chi connectivity index (χ4v) is 1.37. The minimum atomic E-state index is -1.49. The Labute approximate surface area is 91.6 Å². The van der Waals surface area contributed by atoms with E-state index in [2.05, 4.69) is 10.3 Å². The summed E-state index contributed by atoms with van der Waals surface area (Å²) in [5.74, 6) is -2.28. The average molecular weight is 222 g/mol. The number of aromatic nitrogens is 1. The van der Waals surface area contributed by atoms with Crippen molar-refractivity contribution in [3.63, 3.8) is 0 Å². The van der Waals surface area contributed by atoms with Gasteiger partial charge in [-0.1, -0.05) is 6.07 Å². The lowest BCUT2D eigenvalue weighted by atomic mass is 10.3. The summed E-state index contributed by atoms with van der Waals surface area (Å²) in [6, 6.07) is 5.17. The highest BCUT2D eigenvalue weighted by molar-refractivity contribution is 5.93. The first-order valence-electron chi connectivity index (χ1n) is 4.70. The van der Waals surface area contributed by atoms with Gasteiger partial charge in [0.2, 0.25) is 0 Å². The standard InChI is InChI=1S/C10H10N2O4/c1-10(12-7-4-2-3-5-11-7)15-8(13)6-9(14)16-10/h2-5H,6H2,1H3,(H,11,12). The van der Waals surface area contributed by atoms with E-state index in [1.165, 1.54) is 6.92 Å². The number of rotatable bonds is 2. The zero-order chi connectivity index (χ0) is 11.6. The summed E-state index contributed by atoms with van der Waals surface area (Å²) in [6.07, 6.45) is 1.21. The first-order chi connectivity index (χ1) is 7.57. The number of carbonyl (C=O) groups excluding carboxylic acids is 2. The van der Waals surface area contributed by atoms with E-state index in [-0.39, 0.29) is 6.42 Å². The lowest BCUT2D eigenvalue weighted by molar-refractivity contribution is -0.228. The van der Waals surface area contributed by atoms with Crippen molar-refractivity contribution in [2.24, 2.45) is 0 Å². The Kier molecular flexibility index (Phi) is 2.47. The van der Waals surface area contributed by atoms with E-state index in [1.807, 2.05) is 0 Å². The van der Waals surface area contributed by atoms with Crippen LogP contribution in [-0.2, 0) is 19.1 Å². The Morgan fingerprint density at radius 2 is 2.00 bits per heavy atom. The topological polar surface area (TPSA) is 77.5 Å². The van der Waals surface area contributed by atoms with Gasteiger partial charge in [0.05, 0.1) is 0 Å². The summed E-state index contributed by atoms with van der Waals surface area (Å²) < 4.78 is 9.83. The summed E-state index contributed by atoms with van der Waals surface area (Å²) in [5.41, 5.74) is 0. The van der Waals surface area contributed by atoms with Crippen molar-refractivity contribution in [3.8, 4) is 0 Å². The molecule has 0 saturated carbocycles. The van der Waals surface area contributed by atoms with Gasteiger partial charge in [0.15, 0.2) is 0 Å². The number of cyclic esters (lactones) is 2. The molecule has 0 bridgehead atoms. The quantitative estimate of drug-likeness (QED) is 0.585. The molecule has 84 valence electrons.